The van der Waals surface area contributed by atoms with Gasteiger partial charge in [0.05, 0.1) is 5.56 Å². The van der Waals surface area contributed by atoms with E-state index >= 15 is 0 Å². The van der Waals surface area contributed by atoms with Crippen molar-refractivity contribution in [1.82, 2.24) is 10.6 Å². The zero-order valence-electron chi connectivity index (χ0n) is 12.8. The Hall–Kier alpha value is -2.86. The van der Waals surface area contributed by atoms with Crippen molar-refractivity contribution in [1.29, 1.82) is 0 Å². The van der Waals surface area contributed by atoms with E-state index in [0.717, 1.165) is 0 Å². The third-order valence-electron chi connectivity index (χ3n) is 3.11. The summed E-state index contributed by atoms with van der Waals surface area (Å²) in [5.41, 5.74) is 0.689. The van der Waals surface area contributed by atoms with Gasteiger partial charge in [-0.3, -0.25) is 10.1 Å². The molecule has 2 aromatic rings. The number of hydrogen-bond acceptors (Lipinski definition) is 4. The van der Waals surface area contributed by atoms with Gasteiger partial charge in [-0.1, -0.05) is 41.9 Å². The highest BCUT2D eigenvalue weighted by molar-refractivity contribution is 6.30. The van der Waals surface area contributed by atoms with Crippen LogP contribution in [0.15, 0.2) is 54.6 Å². The van der Waals surface area contributed by atoms with E-state index in [-0.39, 0.29) is 5.56 Å². The summed E-state index contributed by atoms with van der Waals surface area (Å²) in [7, 11) is 1.37. The maximum Gasteiger partial charge on any atom is 0.339 e. The number of nitrogens with one attached hydrogen (secondary N) is 2. The maximum atomic E-state index is 12.3. The molecule has 0 saturated carbocycles. The lowest BCUT2D eigenvalue weighted by molar-refractivity contribution is -0.129. The number of amides is 3. The second kappa shape index (κ2) is 8.12. The van der Waals surface area contributed by atoms with E-state index in [1.54, 1.807) is 42.5 Å². The Bertz CT molecular complexity index is 732. The molecule has 0 radical (unpaired) electrons. The van der Waals surface area contributed by atoms with Gasteiger partial charge in [-0.25, -0.2) is 9.59 Å². The predicted molar refractivity (Wildman–Crippen MR) is 88.6 cm³/mol. The van der Waals surface area contributed by atoms with Gasteiger partial charge in [0, 0.05) is 17.6 Å². The number of urea groups is 1. The Morgan fingerprint density at radius 3 is 2.21 bits per heavy atom. The Labute approximate surface area is 143 Å². The third kappa shape index (κ3) is 4.57. The lowest BCUT2D eigenvalue weighted by Crippen LogP contribution is -2.41. The summed E-state index contributed by atoms with van der Waals surface area (Å²) in [6.45, 7) is 0. The molecule has 0 aliphatic carbocycles. The van der Waals surface area contributed by atoms with Gasteiger partial charge >= 0.3 is 12.0 Å². The minimum Gasteiger partial charge on any atom is -0.444 e. The second-order valence-corrected chi connectivity index (χ2v) is 5.21. The van der Waals surface area contributed by atoms with Crippen LogP contribution in [0.4, 0.5) is 4.79 Å². The summed E-state index contributed by atoms with van der Waals surface area (Å²) < 4.78 is 5.30. The average molecular weight is 347 g/mol. The Balaban J connectivity index is 2.22. The number of esters is 1. The molecule has 0 unspecified atom stereocenters. The number of benzene rings is 2. The fourth-order valence-electron chi connectivity index (χ4n) is 1.90. The van der Waals surface area contributed by atoms with Crippen LogP contribution >= 0.6 is 11.6 Å². The molecule has 2 rings (SSSR count). The highest BCUT2D eigenvalue weighted by Crippen LogP contribution is 2.20. The van der Waals surface area contributed by atoms with E-state index < -0.39 is 24.0 Å². The molecule has 24 heavy (non-hydrogen) atoms. The standard InChI is InChI=1S/C17H15ClN2O4/c1-19-17(23)20-15(21)14(11-5-3-2-4-6-11)24-16(22)12-7-9-13(18)10-8-12/h2-10,14H,1H3,(H2,19,20,21,23)/t14-/m1/s1. The van der Waals surface area contributed by atoms with E-state index in [1.165, 1.54) is 19.2 Å². The van der Waals surface area contributed by atoms with Gasteiger partial charge in [0.25, 0.3) is 5.91 Å². The molecule has 2 N–H and O–H groups in total. The quantitative estimate of drug-likeness (QED) is 0.834. The van der Waals surface area contributed by atoms with E-state index in [0.29, 0.717) is 10.6 Å². The third-order valence-corrected chi connectivity index (χ3v) is 3.36. The molecule has 0 spiro atoms. The largest absolute Gasteiger partial charge is 0.444 e. The first-order chi connectivity index (χ1) is 11.5. The number of carbonyl (C=O) groups is 3. The first kappa shape index (κ1) is 17.5. The van der Waals surface area contributed by atoms with Gasteiger partial charge in [-0.2, -0.15) is 0 Å². The fraction of sp³-hybridized carbons (Fsp3) is 0.118. The van der Waals surface area contributed by atoms with E-state index in [1.807, 2.05) is 0 Å². The Morgan fingerprint density at radius 2 is 1.62 bits per heavy atom. The lowest BCUT2D eigenvalue weighted by atomic mass is 10.1. The van der Waals surface area contributed by atoms with Gasteiger partial charge in [0.15, 0.2) is 0 Å². The summed E-state index contributed by atoms with van der Waals surface area (Å²) in [6.07, 6.45) is -1.26. The van der Waals surface area contributed by atoms with Crippen LogP contribution in [0.2, 0.25) is 5.02 Å². The van der Waals surface area contributed by atoms with Crippen LogP contribution < -0.4 is 10.6 Å². The molecule has 1 atom stereocenters. The van der Waals surface area contributed by atoms with Gasteiger partial charge in [-0.05, 0) is 24.3 Å². The number of carbonyl (C=O) groups excluding carboxylic acids is 3. The van der Waals surface area contributed by atoms with Crippen LogP contribution in [0.3, 0.4) is 0 Å². The molecule has 3 amide bonds. The normalized spacial score (nSPS) is 11.2. The predicted octanol–water partition coefficient (Wildman–Crippen LogP) is 2.69. The number of halogens is 1. The molecule has 7 heteroatoms. The number of ether oxygens (including phenoxy) is 1. The summed E-state index contributed by atoms with van der Waals surface area (Å²) in [5, 5.41) is 4.85. The van der Waals surface area contributed by atoms with Crippen LogP contribution in [0.5, 0.6) is 0 Å². The molecule has 0 aliphatic heterocycles. The van der Waals surface area contributed by atoms with Gasteiger partial charge < -0.3 is 10.1 Å². The summed E-state index contributed by atoms with van der Waals surface area (Å²) in [5.74, 6) is -1.45. The number of hydrogen-bond donors (Lipinski definition) is 2. The van der Waals surface area contributed by atoms with Crippen LogP contribution in [0, 0.1) is 0 Å². The maximum absolute atomic E-state index is 12.3. The van der Waals surface area contributed by atoms with Crippen molar-refractivity contribution < 1.29 is 19.1 Å². The average Bonchev–Trinajstić information content (AvgIpc) is 2.60. The molecule has 0 aliphatic rings. The minimum absolute atomic E-state index is 0.244. The van der Waals surface area contributed by atoms with Crippen molar-refractivity contribution in [2.24, 2.45) is 0 Å². The topological polar surface area (TPSA) is 84.5 Å². The van der Waals surface area contributed by atoms with Crippen LogP contribution in [-0.2, 0) is 9.53 Å². The first-order valence-corrected chi connectivity index (χ1v) is 7.43. The highest BCUT2D eigenvalue weighted by Gasteiger charge is 2.26. The molecule has 124 valence electrons. The molecule has 0 aromatic heterocycles. The zero-order chi connectivity index (χ0) is 17.5. The molecule has 0 saturated heterocycles. The Morgan fingerprint density at radius 1 is 1.00 bits per heavy atom. The molecule has 0 fully saturated rings. The van der Waals surface area contributed by atoms with Crippen molar-refractivity contribution >= 4 is 29.5 Å². The van der Waals surface area contributed by atoms with E-state index in [4.69, 9.17) is 16.3 Å². The molecule has 2 aromatic carbocycles. The van der Waals surface area contributed by atoms with Crippen LogP contribution in [-0.4, -0.2) is 25.0 Å². The zero-order valence-corrected chi connectivity index (χ0v) is 13.5. The van der Waals surface area contributed by atoms with Crippen molar-refractivity contribution in [3.05, 3.63) is 70.7 Å². The van der Waals surface area contributed by atoms with Crippen molar-refractivity contribution in [3.63, 3.8) is 0 Å². The monoisotopic (exact) mass is 346 g/mol. The SMILES string of the molecule is CNC(=O)NC(=O)[C@H](OC(=O)c1ccc(Cl)cc1)c1ccccc1. The minimum atomic E-state index is -1.26. The number of imide groups is 1. The summed E-state index contributed by atoms with van der Waals surface area (Å²) in [4.78, 5) is 35.9. The summed E-state index contributed by atoms with van der Waals surface area (Å²) >= 11 is 5.78. The number of rotatable bonds is 4. The molecular weight excluding hydrogens is 332 g/mol. The van der Waals surface area contributed by atoms with E-state index in [2.05, 4.69) is 10.6 Å². The molecule has 6 nitrogen and oxygen atoms in total. The molecule has 0 heterocycles. The van der Waals surface area contributed by atoms with Crippen molar-refractivity contribution in [3.8, 4) is 0 Å². The first-order valence-electron chi connectivity index (χ1n) is 7.05. The second-order valence-electron chi connectivity index (χ2n) is 4.77. The van der Waals surface area contributed by atoms with Gasteiger partial charge in [0.2, 0.25) is 6.10 Å². The lowest BCUT2D eigenvalue weighted by Gasteiger charge is -2.17. The molecule has 0 bridgehead atoms. The van der Waals surface area contributed by atoms with E-state index in [9.17, 15) is 14.4 Å². The molecular formula is C17H15ClN2O4. The summed E-state index contributed by atoms with van der Waals surface area (Å²) in [6, 6.07) is 13.8. The van der Waals surface area contributed by atoms with Crippen molar-refractivity contribution in [2.45, 2.75) is 6.10 Å². The highest BCUT2D eigenvalue weighted by atomic mass is 35.5. The van der Waals surface area contributed by atoms with Crippen molar-refractivity contribution in [2.75, 3.05) is 7.05 Å². The van der Waals surface area contributed by atoms with Crippen LogP contribution in [0.1, 0.15) is 22.0 Å². The van der Waals surface area contributed by atoms with Gasteiger partial charge in [-0.15, -0.1) is 0 Å². The fourth-order valence-corrected chi connectivity index (χ4v) is 2.03. The smallest absolute Gasteiger partial charge is 0.339 e. The van der Waals surface area contributed by atoms with Gasteiger partial charge in [0.1, 0.15) is 0 Å². The Kier molecular flexibility index (Phi) is 5.92. The van der Waals surface area contributed by atoms with Crippen LogP contribution in [0.25, 0.3) is 0 Å².